The Morgan fingerprint density at radius 1 is 0.708 bits per heavy atom. The molecule has 0 aliphatic carbocycles. The van der Waals surface area contributed by atoms with Crippen molar-refractivity contribution in [1.29, 1.82) is 0 Å². The van der Waals surface area contributed by atoms with E-state index < -0.39 is 0 Å². The zero-order valence-electron chi connectivity index (χ0n) is 13.4. The Hall–Kier alpha value is -2.16. The highest BCUT2D eigenvalue weighted by atomic mass is 35.5. The second kappa shape index (κ2) is 7.16. The number of benzene rings is 3. The molecule has 3 aromatic carbocycles. The summed E-state index contributed by atoms with van der Waals surface area (Å²) in [6.07, 6.45) is 0. The molecule has 120 valence electrons. The molecule has 3 rings (SSSR count). The van der Waals surface area contributed by atoms with Crippen LogP contribution in [0.5, 0.6) is 0 Å². The third kappa shape index (κ3) is 3.84. The van der Waals surface area contributed by atoms with Crippen molar-refractivity contribution in [3.8, 4) is 11.1 Å². The first kappa shape index (κ1) is 16.7. The van der Waals surface area contributed by atoms with Gasteiger partial charge in [-0.1, -0.05) is 53.5 Å². The zero-order chi connectivity index (χ0) is 17.1. The molecule has 0 heterocycles. The SMILES string of the molecule is Cc1cccc(/N=N/c2cc(C)ccc2-c2ccc(Cl)c(Cl)c2)c1. The first-order valence-corrected chi connectivity index (χ1v) is 8.33. The van der Waals surface area contributed by atoms with E-state index in [1.807, 2.05) is 68.4 Å². The predicted octanol–water partition coefficient (Wildman–Crippen LogP) is 7.69. The minimum atomic E-state index is 0.524. The molecule has 0 N–H and O–H groups in total. The van der Waals surface area contributed by atoms with Crippen LogP contribution in [0, 0.1) is 13.8 Å². The summed E-state index contributed by atoms with van der Waals surface area (Å²) in [6, 6.07) is 19.6. The highest BCUT2D eigenvalue weighted by molar-refractivity contribution is 6.42. The molecule has 0 aliphatic rings. The van der Waals surface area contributed by atoms with Crippen molar-refractivity contribution in [3.63, 3.8) is 0 Å². The van der Waals surface area contributed by atoms with E-state index in [2.05, 4.69) is 10.2 Å². The number of nitrogens with zero attached hydrogens (tertiary/aromatic N) is 2. The summed E-state index contributed by atoms with van der Waals surface area (Å²) in [7, 11) is 0. The van der Waals surface area contributed by atoms with E-state index in [0.717, 1.165) is 33.6 Å². The summed E-state index contributed by atoms with van der Waals surface area (Å²) >= 11 is 12.2. The van der Waals surface area contributed by atoms with E-state index in [-0.39, 0.29) is 0 Å². The Kier molecular flexibility index (Phi) is 4.98. The number of hydrogen-bond donors (Lipinski definition) is 0. The van der Waals surface area contributed by atoms with Crippen LogP contribution in [0.4, 0.5) is 11.4 Å². The lowest BCUT2D eigenvalue weighted by molar-refractivity contribution is 1.22. The van der Waals surface area contributed by atoms with Crippen LogP contribution < -0.4 is 0 Å². The zero-order valence-corrected chi connectivity index (χ0v) is 14.9. The average Bonchev–Trinajstić information content (AvgIpc) is 2.56. The van der Waals surface area contributed by atoms with Gasteiger partial charge in [-0.05, 0) is 60.9 Å². The molecule has 0 atom stereocenters. The van der Waals surface area contributed by atoms with Gasteiger partial charge in [0.2, 0.25) is 0 Å². The molecule has 24 heavy (non-hydrogen) atoms. The first-order valence-electron chi connectivity index (χ1n) is 7.57. The van der Waals surface area contributed by atoms with Gasteiger partial charge in [0.15, 0.2) is 0 Å². The van der Waals surface area contributed by atoms with Gasteiger partial charge in [0.05, 0.1) is 21.4 Å². The maximum Gasteiger partial charge on any atom is 0.0937 e. The van der Waals surface area contributed by atoms with Gasteiger partial charge in [0, 0.05) is 5.56 Å². The Morgan fingerprint density at radius 3 is 2.25 bits per heavy atom. The molecule has 0 fully saturated rings. The van der Waals surface area contributed by atoms with E-state index in [1.54, 1.807) is 6.07 Å². The van der Waals surface area contributed by atoms with Crippen molar-refractivity contribution in [2.24, 2.45) is 10.2 Å². The monoisotopic (exact) mass is 354 g/mol. The Morgan fingerprint density at radius 2 is 1.50 bits per heavy atom. The smallest absolute Gasteiger partial charge is 0.0937 e. The molecule has 3 aromatic rings. The van der Waals surface area contributed by atoms with Gasteiger partial charge in [-0.25, -0.2) is 0 Å². The van der Waals surface area contributed by atoms with Gasteiger partial charge in [-0.15, -0.1) is 5.11 Å². The van der Waals surface area contributed by atoms with Crippen LogP contribution in [0.1, 0.15) is 11.1 Å². The molecule has 0 bridgehead atoms. The summed E-state index contributed by atoms with van der Waals surface area (Å²) in [5, 5.41) is 9.89. The van der Waals surface area contributed by atoms with Crippen molar-refractivity contribution >= 4 is 34.6 Å². The molecular formula is C20H16Cl2N2. The van der Waals surface area contributed by atoms with Gasteiger partial charge < -0.3 is 0 Å². The van der Waals surface area contributed by atoms with Crippen molar-refractivity contribution in [3.05, 3.63) is 81.8 Å². The quantitative estimate of drug-likeness (QED) is 0.430. The highest BCUT2D eigenvalue weighted by Crippen LogP contribution is 2.35. The van der Waals surface area contributed by atoms with Crippen LogP contribution >= 0.6 is 23.2 Å². The normalized spacial score (nSPS) is 11.2. The maximum absolute atomic E-state index is 6.15. The first-order chi connectivity index (χ1) is 11.5. The fourth-order valence-electron chi connectivity index (χ4n) is 2.43. The van der Waals surface area contributed by atoms with Gasteiger partial charge in [0.1, 0.15) is 0 Å². The minimum Gasteiger partial charge on any atom is -0.151 e. The van der Waals surface area contributed by atoms with Gasteiger partial charge in [-0.3, -0.25) is 0 Å². The molecular weight excluding hydrogens is 339 g/mol. The summed E-state index contributed by atoms with van der Waals surface area (Å²) < 4.78 is 0. The minimum absolute atomic E-state index is 0.524. The molecule has 0 saturated carbocycles. The number of halogens is 2. The molecule has 0 saturated heterocycles. The predicted molar refractivity (Wildman–Crippen MR) is 102 cm³/mol. The van der Waals surface area contributed by atoms with Crippen LogP contribution in [0.15, 0.2) is 70.9 Å². The second-order valence-corrected chi connectivity index (χ2v) is 6.50. The third-order valence-electron chi connectivity index (χ3n) is 3.66. The van der Waals surface area contributed by atoms with Crippen LogP contribution in [0.3, 0.4) is 0 Å². The second-order valence-electron chi connectivity index (χ2n) is 5.69. The van der Waals surface area contributed by atoms with Gasteiger partial charge in [-0.2, -0.15) is 5.11 Å². The van der Waals surface area contributed by atoms with E-state index >= 15 is 0 Å². The molecule has 0 radical (unpaired) electrons. The lowest BCUT2D eigenvalue weighted by atomic mass is 10.0. The fourth-order valence-corrected chi connectivity index (χ4v) is 2.73. The Balaban J connectivity index is 2.04. The number of azo groups is 1. The third-order valence-corrected chi connectivity index (χ3v) is 4.40. The Bertz CT molecular complexity index is 917. The largest absolute Gasteiger partial charge is 0.151 e. The molecule has 2 nitrogen and oxygen atoms in total. The summed E-state index contributed by atoms with van der Waals surface area (Å²) in [5.74, 6) is 0. The number of rotatable bonds is 3. The topological polar surface area (TPSA) is 24.7 Å². The number of hydrogen-bond acceptors (Lipinski definition) is 2. The molecule has 4 heteroatoms. The van der Waals surface area contributed by atoms with Crippen molar-refractivity contribution in [2.75, 3.05) is 0 Å². The van der Waals surface area contributed by atoms with Crippen molar-refractivity contribution < 1.29 is 0 Å². The lowest BCUT2D eigenvalue weighted by Crippen LogP contribution is -1.82. The van der Waals surface area contributed by atoms with Crippen LogP contribution in [-0.2, 0) is 0 Å². The maximum atomic E-state index is 6.15. The lowest BCUT2D eigenvalue weighted by Gasteiger charge is -2.08. The molecule has 0 unspecified atom stereocenters. The van der Waals surface area contributed by atoms with E-state index in [1.165, 1.54) is 0 Å². The molecule has 0 amide bonds. The molecule has 0 spiro atoms. The van der Waals surface area contributed by atoms with Gasteiger partial charge in [0.25, 0.3) is 0 Å². The summed E-state index contributed by atoms with van der Waals surface area (Å²) in [6.45, 7) is 4.07. The van der Waals surface area contributed by atoms with Crippen LogP contribution in [0.2, 0.25) is 10.0 Å². The Labute approximate surface area is 151 Å². The summed E-state index contributed by atoms with van der Waals surface area (Å²) in [5.41, 5.74) is 5.84. The molecule has 0 aliphatic heterocycles. The van der Waals surface area contributed by atoms with E-state index in [0.29, 0.717) is 10.0 Å². The number of aryl methyl sites for hydroxylation is 2. The average molecular weight is 355 g/mol. The van der Waals surface area contributed by atoms with E-state index in [9.17, 15) is 0 Å². The van der Waals surface area contributed by atoms with Crippen LogP contribution in [-0.4, -0.2) is 0 Å². The summed E-state index contributed by atoms with van der Waals surface area (Å²) in [4.78, 5) is 0. The van der Waals surface area contributed by atoms with Crippen LogP contribution in [0.25, 0.3) is 11.1 Å². The fraction of sp³-hybridized carbons (Fsp3) is 0.100. The standard InChI is InChI=1S/C20H16Cl2N2/c1-13-4-3-5-16(10-13)23-24-20-11-14(2)6-8-17(20)15-7-9-18(21)19(22)12-15/h3-12H,1-2H3/b24-23+. The van der Waals surface area contributed by atoms with Crippen molar-refractivity contribution in [2.45, 2.75) is 13.8 Å². The van der Waals surface area contributed by atoms with E-state index in [4.69, 9.17) is 23.2 Å². The molecule has 0 aromatic heterocycles. The van der Waals surface area contributed by atoms with Crippen molar-refractivity contribution in [1.82, 2.24) is 0 Å². The van der Waals surface area contributed by atoms with Gasteiger partial charge >= 0.3 is 0 Å². The highest BCUT2D eigenvalue weighted by Gasteiger charge is 2.08.